The summed E-state index contributed by atoms with van der Waals surface area (Å²) in [6.45, 7) is 0.476. The molecule has 0 bridgehead atoms. The summed E-state index contributed by atoms with van der Waals surface area (Å²) < 4.78 is 5.77. The minimum atomic E-state index is -0.372. The molecule has 1 aliphatic rings. The topological polar surface area (TPSA) is 101 Å². The van der Waals surface area contributed by atoms with Crippen molar-refractivity contribution >= 4 is 40.3 Å². The Balaban J connectivity index is 1.13. The van der Waals surface area contributed by atoms with Crippen LogP contribution in [0.2, 0.25) is 0 Å². The molecule has 3 aromatic carbocycles. The van der Waals surface area contributed by atoms with E-state index >= 15 is 0 Å². The van der Waals surface area contributed by atoms with Gasteiger partial charge in [-0.3, -0.25) is 24.6 Å². The van der Waals surface area contributed by atoms with E-state index < -0.39 is 0 Å². The maximum absolute atomic E-state index is 12.5. The molecule has 0 saturated heterocycles. The largest absolute Gasteiger partial charge is 0.489 e. The van der Waals surface area contributed by atoms with Gasteiger partial charge in [-0.2, -0.15) is 0 Å². The van der Waals surface area contributed by atoms with Crippen LogP contribution in [0.3, 0.4) is 0 Å². The fourth-order valence-corrected chi connectivity index (χ4v) is 4.35. The lowest BCUT2D eigenvalue weighted by atomic mass is 10.1. The Morgan fingerprint density at radius 3 is 2.25 bits per heavy atom. The summed E-state index contributed by atoms with van der Waals surface area (Å²) in [5, 5.41) is 11.3. The van der Waals surface area contributed by atoms with Crippen molar-refractivity contribution in [1.29, 1.82) is 0 Å². The van der Waals surface area contributed by atoms with Gasteiger partial charge in [0, 0.05) is 6.08 Å². The summed E-state index contributed by atoms with van der Waals surface area (Å²) >= 11 is 1.11. The normalized spacial score (nSPS) is 12.7. The predicted octanol–water partition coefficient (Wildman–Crippen LogP) is 4.57. The number of aromatic nitrogens is 2. The SMILES string of the molecule is O=C(/C=C/c1ccc(OCc2ccccc2)cc1)Nc1nnc(CN2C(=O)c3ccccc3C2=O)s1. The zero-order chi connectivity index (χ0) is 24.9. The second-order valence-corrected chi connectivity index (χ2v) is 8.97. The maximum atomic E-state index is 12.5. The van der Waals surface area contributed by atoms with Crippen molar-refractivity contribution in [2.24, 2.45) is 0 Å². The fourth-order valence-electron chi connectivity index (χ4n) is 3.62. The third kappa shape index (κ3) is 5.21. The van der Waals surface area contributed by atoms with Crippen molar-refractivity contribution < 1.29 is 19.1 Å². The van der Waals surface area contributed by atoms with Crippen LogP contribution >= 0.6 is 11.3 Å². The summed E-state index contributed by atoms with van der Waals surface area (Å²) in [4.78, 5) is 38.5. The Bertz CT molecular complexity index is 1410. The molecule has 178 valence electrons. The molecular formula is C27H20N4O4S. The molecule has 0 unspecified atom stereocenters. The predicted molar refractivity (Wildman–Crippen MR) is 135 cm³/mol. The smallest absolute Gasteiger partial charge is 0.261 e. The number of benzene rings is 3. The van der Waals surface area contributed by atoms with Gasteiger partial charge in [0.25, 0.3) is 11.8 Å². The molecule has 0 atom stereocenters. The van der Waals surface area contributed by atoms with Crippen molar-refractivity contribution in [3.8, 4) is 5.75 Å². The zero-order valence-corrected chi connectivity index (χ0v) is 19.8. The molecule has 1 N–H and O–H groups in total. The van der Waals surface area contributed by atoms with Gasteiger partial charge >= 0.3 is 0 Å². The highest BCUT2D eigenvalue weighted by molar-refractivity contribution is 7.15. The Hall–Kier alpha value is -4.63. The van der Waals surface area contributed by atoms with E-state index in [0.29, 0.717) is 22.7 Å². The van der Waals surface area contributed by atoms with Gasteiger partial charge in [-0.25, -0.2) is 0 Å². The van der Waals surface area contributed by atoms with Crippen LogP contribution in [0.4, 0.5) is 5.13 Å². The summed E-state index contributed by atoms with van der Waals surface area (Å²) in [6, 6.07) is 24.0. The molecule has 8 nitrogen and oxygen atoms in total. The molecule has 2 heterocycles. The number of carbonyl (C=O) groups is 3. The molecule has 36 heavy (non-hydrogen) atoms. The van der Waals surface area contributed by atoms with Crippen molar-refractivity contribution in [3.05, 3.63) is 112 Å². The van der Waals surface area contributed by atoms with Crippen LogP contribution < -0.4 is 10.1 Å². The summed E-state index contributed by atoms with van der Waals surface area (Å²) in [6.07, 6.45) is 3.07. The number of hydrogen-bond donors (Lipinski definition) is 1. The highest BCUT2D eigenvalue weighted by Crippen LogP contribution is 2.26. The van der Waals surface area contributed by atoms with Crippen LogP contribution in [0.1, 0.15) is 36.9 Å². The van der Waals surface area contributed by atoms with E-state index in [9.17, 15) is 14.4 Å². The molecule has 4 aromatic rings. The van der Waals surface area contributed by atoms with Gasteiger partial charge < -0.3 is 4.74 Å². The fraction of sp³-hybridized carbons (Fsp3) is 0.0741. The first kappa shape index (κ1) is 23.1. The second-order valence-electron chi connectivity index (χ2n) is 7.91. The molecule has 0 saturated carbocycles. The van der Waals surface area contributed by atoms with Crippen LogP contribution in [0.25, 0.3) is 6.08 Å². The maximum Gasteiger partial charge on any atom is 0.261 e. The number of ether oxygens (including phenoxy) is 1. The van der Waals surface area contributed by atoms with Gasteiger partial charge in [0.1, 0.15) is 17.4 Å². The van der Waals surface area contributed by atoms with Crippen molar-refractivity contribution in [1.82, 2.24) is 15.1 Å². The first-order valence-electron chi connectivity index (χ1n) is 11.1. The van der Waals surface area contributed by atoms with Gasteiger partial charge in [-0.05, 0) is 41.5 Å². The molecule has 0 spiro atoms. The number of anilines is 1. The van der Waals surface area contributed by atoms with Crippen molar-refractivity contribution in [2.75, 3.05) is 5.32 Å². The molecule has 0 aliphatic carbocycles. The van der Waals surface area contributed by atoms with Gasteiger partial charge in [-0.1, -0.05) is 65.9 Å². The molecule has 5 rings (SSSR count). The van der Waals surface area contributed by atoms with E-state index in [-0.39, 0.29) is 29.4 Å². The lowest BCUT2D eigenvalue weighted by Gasteiger charge is -2.10. The lowest BCUT2D eigenvalue weighted by molar-refractivity contribution is -0.111. The van der Waals surface area contributed by atoms with Crippen molar-refractivity contribution in [2.45, 2.75) is 13.2 Å². The molecule has 0 radical (unpaired) electrons. The van der Waals surface area contributed by atoms with E-state index in [1.165, 1.54) is 6.08 Å². The average molecular weight is 497 g/mol. The standard InChI is InChI=1S/C27H20N4O4S/c32-23(15-12-18-10-13-20(14-11-18)35-17-19-6-2-1-3-7-19)28-27-30-29-24(36-27)16-31-25(33)21-8-4-5-9-22(21)26(31)34/h1-15H,16-17H2,(H,28,30,32)/b15-12+. The molecule has 9 heteroatoms. The minimum Gasteiger partial charge on any atom is -0.489 e. The van der Waals surface area contributed by atoms with Gasteiger partial charge in [0.15, 0.2) is 0 Å². The number of rotatable bonds is 8. The van der Waals surface area contributed by atoms with E-state index in [1.807, 2.05) is 54.6 Å². The zero-order valence-electron chi connectivity index (χ0n) is 19.0. The van der Waals surface area contributed by atoms with E-state index in [1.54, 1.807) is 30.3 Å². The monoisotopic (exact) mass is 496 g/mol. The number of fused-ring (bicyclic) bond motifs is 1. The van der Waals surface area contributed by atoms with E-state index in [4.69, 9.17) is 4.74 Å². The highest BCUT2D eigenvalue weighted by atomic mass is 32.1. The minimum absolute atomic E-state index is 0.00554. The van der Waals surface area contributed by atoms with Crippen LogP contribution in [0.15, 0.2) is 84.9 Å². The number of nitrogens with one attached hydrogen (secondary N) is 1. The quantitative estimate of drug-likeness (QED) is 0.283. The van der Waals surface area contributed by atoms with E-state index in [2.05, 4.69) is 15.5 Å². The lowest BCUT2D eigenvalue weighted by Crippen LogP contribution is -2.29. The Morgan fingerprint density at radius 1 is 0.889 bits per heavy atom. The van der Waals surface area contributed by atoms with Crippen molar-refractivity contribution in [3.63, 3.8) is 0 Å². The second kappa shape index (κ2) is 10.3. The van der Waals surface area contributed by atoms with Crippen LogP contribution in [-0.2, 0) is 17.9 Å². The van der Waals surface area contributed by atoms with Gasteiger partial charge in [0.05, 0.1) is 17.7 Å². The molecular weight excluding hydrogens is 476 g/mol. The number of amides is 3. The first-order valence-corrected chi connectivity index (χ1v) is 11.9. The number of imide groups is 1. The molecule has 1 aromatic heterocycles. The Morgan fingerprint density at radius 2 is 1.56 bits per heavy atom. The number of carbonyl (C=O) groups excluding carboxylic acids is 3. The Kier molecular flexibility index (Phi) is 6.63. The number of nitrogens with zero attached hydrogens (tertiary/aromatic N) is 3. The van der Waals surface area contributed by atoms with Crippen LogP contribution in [0, 0.1) is 0 Å². The molecule has 3 amide bonds. The highest BCUT2D eigenvalue weighted by Gasteiger charge is 2.35. The third-order valence-electron chi connectivity index (χ3n) is 5.42. The molecule has 1 aliphatic heterocycles. The summed E-state index contributed by atoms with van der Waals surface area (Å²) in [5.41, 5.74) is 2.67. The Labute approximate surface area is 210 Å². The number of hydrogen-bond acceptors (Lipinski definition) is 7. The average Bonchev–Trinajstić information content (AvgIpc) is 3.45. The van der Waals surface area contributed by atoms with Gasteiger partial charge in [-0.15, -0.1) is 10.2 Å². The summed E-state index contributed by atoms with van der Waals surface area (Å²) in [5.74, 6) is -0.366. The van der Waals surface area contributed by atoms with Gasteiger partial charge in [0.2, 0.25) is 11.0 Å². The third-order valence-corrected chi connectivity index (χ3v) is 6.25. The first-order chi connectivity index (χ1) is 17.6. The molecule has 0 fully saturated rings. The van der Waals surface area contributed by atoms with E-state index in [0.717, 1.165) is 33.1 Å². The van der Waals surface area contributed by atoms with Crippen LogP contribution in [0.5, 0.6) is 5.75 Å². The summed E-state index contributed by atoms with van der Waals surface area (Å²) in [7, 11) is 0. The van der Waals surface area contributed by atoms with Crippen LogP contribution in [-0.4, -0.2) is 32.8 Å².